The van der Waals surface area contributed by atoms with Gasteiger partial charge in [-0.05, 0) is 56.0 Å². The van der Waals surface area contributed by atoms with Crippen molar-refractivity contribution in [3.05, 3.63) is 58.7 Å². The molecule has 168 valence electrons. The Morgan fingerprint density at radius 1 is 0.433 bits per heavy atom. The predicted molar refractivity (Wildman–Crippen MR) is 131 cm³/mol. The van der Waals surface area contributed by atoms with Crippen molar-refractivity contribution in [3.63, 3.8) is 0 Å². The molecule has 2 rings (SSSR count). The number of aromatic hydroxyl groups is 2. The quantitative estimate of drug-likeness (QED) is 0.460. The summed E-state index contributed by atoms with van der Waals surface area (Å²) in [5.41, 5.74) is 4.69. The third-order valence-electron chi connectivity index (χ3n) is 5.34. The molecule has 0 heterocycles. The zero-order valence-corrected chi connectivity index (χ0v) is 21.4. The van der Waals surface area contributed by atoms with Crippen LogP contribution >= 0.6 is 0 Å². The first-order chi connectivity index (χ1) is 13.2. The summed E-state index contributed by atoms with van der Waals surface area (Å²) in [4.78, 5) is 0. The third-order valence-corrected chi connectivity index (χ3v) is 5.34. The maximum Gasteiger partial charge on any atom is 0.119 e. The van der Waals surface area contributed by atoms with Crippen LogP contribution in [0.2, 0.25) is 0 Å². The summed E-state index contributed by atoms with van der Waals surface area (Å²) < 4.78 is 0. The number of phenols is 2. The van der Waals surface area contributed by atoms with E-state index in [2.05, 4.69) is 95.2 Å². The lowest BCUT2D eigenvalue weighted by molar-refractivity contribution is 0.443. The van der Waals surface area contributed by atoms with Crippen molar-refractivity contribution in [3.8, 4) is 11.5 Å². The smallest absolute Gasteiger partial charge is 0.119 e. The minimum Gasteiger partial charge on any atom is -0.508 e. The van der Waals surface area contributed by atoms with Crippen LogP contribution < -0.4 is 0 Å². The molecule has 0 saturated heterocycles. The SMILES string of the molecule is CC(C)(C)c1ccc(C(C)(C)C)c(O)c1.CC(C)(C)c1ccc(O)c(C(C)(C)C)c1. The van der Waals surface area contributed by atoms with Gasteiger partial charge < -0.3 is 10.2 Å². The van der Waals surface area contributed by atoms with E-state index in [0.29, 0.717) is 11.5 Å². The van der Waals surface area contributed by atoms with E-state index in [1.165, 1.54) is 11.1 Å². The van der Waals surface area contributed by atoms with Crippen molar-refractivity contribution < 1.29 is 10.2 Å². The fourth-order valence-electron chi connectivity index (χ4n) is 3.24. The average molecular weight is 413 g/mol. The molecule has 0 aliphatic rings. The van der Waals surface area contributed by atoms with Gasteiger partial charge in [0.1, 0.15) is 11.5 Å². The van der Waals surface area contributed by atoms with Gasteiger partial charge in [-0.15, -0.1) is 0 Å². The Hall–Kier alpha value is -1.96. The highest BCUT2D eigenvalue weighted by Gasteiger charge is 2.22. The number of rotatable bonds is 0. The molecule has 2 nitrogen and oxygen atoms in total. The molecule has 2 aromatic carbocycles. The molecule has 2 N–H and O–H groups in total. The summed E-state index contributed by atoms with van der Waals surface area (Å²) in [6.07, 6.45) is 0. The minimum atomic E-state index is -0.00859. The van der Waals surface area contributed by atoms with Crippen LogP contribution in [0.4, 0.5) is 0 Å². The fraction of sp³-hybridized carbons (Fsp3) is 0.571. The normalized spacial score (nSPS) is 12.9. The lowest BCUT2D eigenvalue weighted by atomic mass is 9.80. The third kappa shape index (κ3) is 7.07. The second-order valence-electron chi connectivity index (χ2n) is 12.5. The second kappa shape index (κ2) is 8.65. The Bertz CT molecular complexity index is 848. The molecule has 0 saturated carbocycles. The van der Waals surface area contributed by atoms with Crippen LogP contribution in [0.25, 0.3) is 0 Å². The molecule has 0 unspecified atom stereocenters. The lowest BCUT2D eigenvalue weighted by Gasteiger charge is -2.25. The Balaban J connectivity index is 0.000000300. The molecular formula is C28H44O2. The van der Waals surface area contributed by atoms with Gasteiger partial charge in [0, 0.05) is 0 Å². The van der Waals surface area contributed by atoms with E-state index in [0.717, 1.165) is 11.1 Å². The van der Waals surface area contributed by atoms with Crippen molar-refractivity contribution in [2.24, 2.45) is 0 Å². The zero-order chi connectivity index (χ0) is 23.7. The first kappa shape index (κ1) is 26.1. The van der Waals surface area contributed by atoms with E-state index in [4.69, 9.17) is 0 Å². The Morgan fingerprint density at radius 3 is 1.20 bits per heavy atom. The van der Waals surface area contributed by atoms with Crippen molar-refractivity contribution >= 4 is 0 Å². The number of phenolic OH excluding ortho intramolecular Hbond substituents is 2. The van der Waals surface area contributed by atoms with Crippen LogP contribution in [0, 0.1) is 0 Å². The highest BCUT2D eigenvalue weighted by Crippen LogP contribution is 2.35. The summed E-state index contributed by atoms with van der Waals surface area (Å²) >= 11 is 0. The van der Waals surface area contributed by atoms with Crippen LogP contribution in [-0.4, -0.2) is 10.2 Å². The lowest BCUT2D eigenvalue weighted by Crippen LogP contribution is -2.16. The van der Waals surface area contributed by atoms with Crippen molar-refractivity contribution in [1.82, 2.24) is 0 Å². The summed E-state index contributed by atoms with van der Waals surface area (Å²) in [6, 6.07) is 12.0. The first-order valence-corrected chi connectivity index (χ1v) is 10.9. The van der Waals surface area contributed by atoms with Crippen LogP contribution in [-0.2, 0) is 21.7 Å². The molecule has 30 heavy (non-hydrogen) atoms. The molecule has 2 aromatic rings. The molecule has 0 atom stereocenters. The Labute approximate surface area is 185 Å². The van der Waals surface area contributed by atoms with E-state index < -0.39 is 0 Å². The maximum atomic E-state index is 9.99. The molecular weight excluding hydrogens is 368 g/mol. The van der Waals surface area contributed by atoms with Gasteiger partial charge in [0.05, 0.1) is 0 Å². The van der Waals surface area contributed by atoms with Gasteiger partial charge in [-0.2, -0.15) is 0 Å². The van der Waals surface area contributed by atoms with E-state index in [-0.39, 0.29) is 21.7 Å². The van der Waals surface area contributed by atoms with Crippen molar-refractivity contribution in [1.29, 1.82) is 0 Å². The molecule has 0 spiro atoms. The maximum absolute atomic E-state index is 9.99. The van der Waals surface area contributed by atoms with Gasteiger partial charge in [-0.3, -0.25) is 0 Å². The standard InChI is InChI=1S/2C14H22O/c1-13(2,3)10-7-8-12(15)11(9-10)14(4,5)6;1-13(2,3)10-7-8-11(12(15)9-10)14(4,5)6/h2*7-9,15H,1-6H3. The molecule has 0 amide bonds. The molecule has 0 bridgehead atoms. The second-order valence-corrected chi connectivity index (χ2v) is 12.5. The van der Waals surface area contributed by atoms with Gasteiger partial charge in [-0.1, -0.05) is 107 Å². The summed E-state index contributed by atoms with van der Waals surface area (Å²) in [5.74, 6) is 0.811. The first-order valence-electron chi connectivity index (χ1n) is 10.9. The Morgan fingerprint density at radius 2 is 0.833 bits per heavy atom. The monoisotopic (exact) mass is 412 g/mol. The van der Waals surface area contributed by atoms with E-state index in [1.807, 2.05) is 18.2 Å². The van der Waals surface area contributed by atoms with E-state index in [1.54, 1.807) is 6.07 Å². The van der Waals surface area contributed by atoms with Crippen molar-refractivity contribution in [2.45, 2.75) is 105 Å². The predicted octanol–water partition coefficient (Wildman–Crippen LogP) is 7.97. The van der Waals surface area contributed by atoms with E-state index >= 15 is 0 Å². The van der Waals surface area contributed by atoms with Gasteiger partial charge in [-0.25, -0.2) is 0 Å². The largest absolute Gasteiger partial charge is 0.508 e. The number of benzene rings is 2. The molecule has 0 aliphatic heterocycles. The number of hydrogen-bond acceptors (Lipinski definition) is 2. The van der Waals surface area contributed by atoms with Gasteiger partial charge in [0.2, 0.25) is 0 Å². The summed E-state index contributed by atoms with van der Waals surface area (Å²) in [5, 5.41) is 19.8. The highest BCUT2D eigenvalue weighted by molar-refractivity contribution is 5.43. The zero-order valence-electron chi connectivity index (χ0n) is 21.4. The molecule has 0 aromatic heterocycles. The minimum absolute atomic E-state index is 0.000494. The van der Waals surface area contributed by atoms with Gasteiger partial charge in [0.15, 0.2) is 0 Å². The average Bonchev–Trinajstić information content (AvgIpc) is 2.51. The summed E-state index contributed by atoms with van der Waals surface area (Å²) in [7, 11) is 0. The van der Waals surface area contributed by atoms with Crippen LogP contribution in [0.1, 0.15) is 105 Å². The van der Waals surface area contributed by atoms with Gasteiger partial charge >= 0.3 is 0 Å². The number of hydrogen-bond donors (Lipinski definition) is 2. The Kier molecular flexibility index (Phi) is 7.52. The fourth-order valence-corrected chi connectivity index (χ4v) is 3.24. The van der Waals surface area contributed by atoms with E-state index in [9.17, 15) is 10.2 Å². The van der Waals surface area contributed by atoms with Gasteiger partial charge in [0.25, 0.3) is 0 Å². The molecule has 2 heteroatoms. The van der Waals surface area contributed by atoms with Crippen LogP contribution in [0.5, 0.6) is 11.5 Å². The topological polar surface area (TPSA) is 40.5 Å². The van der Waals surface area contributed by atoms with Crippen molar-refractivity contribution in [2.75, 3.05) is 0 Å². The molecule has 0 fully saturated rings. The summed E-state index contributed by atoms with van der Waals surface area (Å²) in [6.45, 7) is 25.7. The highest BCUT2D eigenvalue weighted by atomic mass is 16.3. The molecule has 0 radical (unpaired) electrons. The molecule has 0 aliphatic carbocycles. The van der Waals surface area contributed by atoms with Crippen LogP contribution in [0.3, 0.4) is 0 Å². The van der Waals surface area contributed by atoms with Crippen LogP contribution in [0.15, 0.2) is 36.4 Å².